The van der Waals surface area contributed by atoms with Crippen molar-refractivity contribution < 1.29 is 37.0 Å². The molecule has 1 amide bonds. The first kappa shape index (κ1) is 24.2. The molecule has 0 aromatic heterocycles. The average Bonchev–Trinajstić information content (AvgIpc) is 3.29. The van der Waals surface area contributed by atoms with Crippen molar-refractivity contribution in [3.8, 4) is 11.5 Å². The number of rotatable bonds is 7. The van der Waals surface area contributed by atoms with Crippen LogP contribution in [0.15, 0.2) is 48.3 Å². The Hall–Kier alpha value is -3.93. The number of amides is 1. The summed E-state index contributed by atoms with van der Waals surface area (Å²) in [4.78, 5) is 23.7. The number of hydrazine groups is 1. The van der Waals surface area contributed by atoms with Crippen LogP contribution in [0.25, 0.3) is 0 Å². The number of nitrogens with zero attached hydrogens (tertiary/aromatic N) is 1. The molecule has 1 aliphatic heterocycles. The third-order valence-electron chi connectivity index (χ3n) is 5.90. The molecule has 4 rings (SSSR count). The van der Waals surface area contributed by atoms with Gasteiger partial charge >= 0.3 is 6.18 Å². The lowest BCUT2D eigenvalue weighted by Crippen LogP contribution is -2.41. The molecular formula is C23H23F3N4O5. The Balaban J connectivity index is 1.56. The minimum Gasteiger partial charge on any atom is -0.468 e. The zero-order valence-corrected chi connectivity index (χ0v) is 18.4. The summed E-state index contributed by atoms with van der Waals surface area (Å²) in [5.74, 6) is 6.04. The quantitative estimate of drug-likeness (QED) is 0.233. The fraction of sp³-hybridized carbons (Fsp3) is 0.304. The van der Waals surface area contributed by atoms with E-state index in [1.54, 1.807) is 6.07 Å². The standard InChI is InChI=1S/C23H23F3N4O5/c24-23(25,26)15-2-1-3-16(7-15)30(28)9-18(27)22(32)29-21-14(10-33-11-31)5-4-13-6-19-20(8-17(13)21)35-12-34-19/h1-3,6-9,11,14,21H,4-5,10,12,27-28H2,(H,29,32)/b18-9-. The van der Waals surface area contributed by atoms with Crippen LogP contribution >= 0.6 is 0 Å². The predicted molar refractivity (Wildman–Crippen MR) is 118 cm³/mol. The summed E-state index contributed by atoms with van der Waals surface area (Å²) in [6.45, 7) is 0.493. The third-order valence-corrected chi connectivity index (χ3v) is 5.90. The molecule has 0 spiro atoms. The second kappa shape index (κ2) is 9.74. The van der Waals surface area contributed by atoms with Crippen LogP contribution in [0.1, 0.15) is 29.2 Å². The molecule has 0 fully saturated rings. The van der Waals surface area contributed by atoms with Crippen LogP contribution in [0.3, 0.4) is 0 Å². The predicted octanol–water partition coefficient (Wildman–Crippen LogP) is 2.51. The maximum absolute atomic E-state index is 13.0. The Morgan fingerprint density at radius 1 is 1.23 bits per heavy atom. The van der Waals surface area contributed by atoms with Crippen LogP contribution in [-0.4, -0.2) is 25.8 Å². The van der Waals surface area contributed by atoms with E-state index in [4.69, 9.17) is 25.8 Å². The molecule has 2 aromatic rings. The number of ether oxygens (including phenoxy) is 3. The molecular weight excluding hydrogens is 469 g/mol. The van der Waals surface area contributed by atoms with Crippen molar-refractivity contribution in [2.45, 2.75) is 25.1 Å². The number of nitrogens with one attached hydrogen (secondary N) is 1. The van der Waals surface area contributed by atoms with Crippen molar-refractivity contribution in [2.24, 2.45) is 17.5 Å². The second-order valence-electron chi connectivity index (χ2n) is 8.12. The second-order valence-corrected chi connectivity index (χ2v) is 8.12. The van der Waals surface area contributed by atoms with E-state index in [1.807, 2.05) is 6.07 Å². The summed E-state index contributed by atoms with van der Waals surface area (Å²) < 4.78 is 54.8. The number of halogens is 3. The van der Waals surface area contributed by atoms with Crippen molar-refractivity contribution in [2.75, 3.05) is 18.4 Å². The van der Waals surface area contributed by atoms with E-state index in [9.17, 15) is 22.8 Å². The van der Waals surface area contributed by atoms with E-state index in [0.29, 0.717) is 30.8 Å². The lowest BCUT2D eigenvalue weighted by Gasteiger charge is -2.34. The summed E-state index contributed by atoms with van der Waals surface area (Å²) in [5.41, 5.74) is 6.40. The number of nitrogens with two attached hydrogens (primary N) is 2. The lowest BCUT2D eigenvalue weighted by atomic mass is 9.79. The van der Waals surface area contributed by atoms with E-state index in [0.717, 1.165) is 34.5 Å². The van der Waals surface area contributed by atoms with E-state index in [1.165, 1.54) is 12.1 Å². The van der Waals surface area contributed by atoms with Gasteiger partial charge in [0.25, 0.3) is 12.4 Å². The van der Waals surface area contributed by atoms with Crippen molar-refractivity contribution in [3.05, 3.63) is 65.0 Å². The summed E-state index contributed by atoms with van der Waals surface area (Å²) >= 11 is 0. The van der Waals surface area contributed by atoms with Crippen LogP contribution in [-0.2, 0) is 26.9 Å². The molecule has 0 saturated heterocycles. The first-order chi connectivity index (χ1) is 16.7. The maximum atomic E-state index is 13.0. The normalized spacial score (nSPS) is 19.0. The zero-order chi connectivity index (χ0) is 25.2. The Labute approximate surface area is 198 Å². The van der Waals surface area contributed by atoms with Gasteiger partial charge in [-0.05, 0) is 54.3 Å². The first-order valence-corrected chi connectivity index (χ1v) is 10.6. The maximum Gasteiger partial charge on any atom is 0.416 e. The fourth-order valence-corrected chi connectivity index (χ4v) is 4.16. The van der Waals surface area contributed by atoms with Gasteiger partial charge in [-0.1, -0.05) is 6.07 Å². The van der Waals surface area contributed by atoms with Gasteiger partial charge in [0.2, 0.25) is 6.79 Å². The van der Waals surface area contributed by atoms with Gasteiger partial charge in [-0.15, -0.1) is 0 Å². The average molecular weight is 492 g/mol. The summed E-state index contributed by atoms with van der Waals surface area (Å²) in [6.07, 6.45) is -2.23. The molecule has 5 N–H and O–H groups in total. The smallest absolute Gasteiger partial charge is 0.416 e. The van der Waals surface area contributed by atoms with Gasteiger partial charge in [0.05, 0.1) is 23.9 Å². The van der Waals surface area contributed by atoms with Crippen molar-refractivity contribution in [3.63, 3.8) is 0 Å². The van der Waals surface area contributed by atoms with Crippen molar-refractivity contribution in [1.29, 1.82) is 0 Å². The van der Waals surface area contributed by atoms with E-state index >= 15 is 0 Å². The molecule has 2 unspecified atom stereocenters. The van der Waals surface area contributed by atoms with Gasteiger partial charge in [0.15, 0.2) is 11.5 Å². The highest BCUT2D eigenvalue weighted by molar-refractivity contribution is 5.93. The van der Waals surface area contributed by atoms with Crippen molar-refractivity contribution in [1.82, 2.24) is 5.32 Å². The Morgan fingerprint density at radius 2 is 1.97 bits per heavy atom. The molecule has 1 aliphatic carbocycles. The number of benzene rings is 2. The highest BCUT2D eigenvalue weighted by Gasteiger charge is 2.34. The molecule has 0 saturated carbocycles. The molecule has 12 heteroatoms. The van der Waals surface area contributed by atoms with E-state index in [2.05, 4.69) is 5.32 Å². The minimum atomic E-state index is -4.55. The highest BCUT2D eigenvalue weighted by Crippen LogP contribution is 2.42. The summed E-state index contributed by atoms with van der Waals surface area (Å²) in [7, 11) is 0. The summed E-state index contributed by atoms with van der Waals surface area (Å²) in [6, 6.07) is 7.34. The van der Waals surface area contributed by atoms with Crippen LogP contribution in [0.2, 0.25) is 0 Å². The monoisotopic (exact) mass is 492 g/mol. The van der Waals surface area contributed by atoms with E-state index < -0.39 is 23.7 Å². The Kier molecular flexibility index (Phi) is 6.74. The van der Waals surface area contributed by atoms with Gasteiger partial charge in [-0.2, -0.15) is 13.2 Å². The number of hydrogen-bond acceptors (Lipinski definition) is 8. The van der Waals surface area contributed by atoms with Gasteiger partial charge in [-0.25, -0.2) is 5.84 Å². The Morgan fingerprint density at radius 3 is 2.69 bits per heavy atom. The van der Waals surface area contributed by atoms with Gasteiger partial charge in [-0.3, -0.25) is 14.6 Å². The van der Waals surface area contributed by atoms with Gasteiger partial charge in [0, 0.05) is 12.1 Å². The van der Waals surface area contributed by atoms with Gasteiger partial charge in [0.1, 0.15) is 5.70 Å². The molecule has 35 heavy (non-hydrogen) atoms. The summed E-state index contributed by atoms with van der Waals surface area (Å²) in [5, 5.41) is 3.67. The van der Waals surface area contributed by atoms with Crippen LogP contribution < -0.4 is 31.4 Å². The molecule has 2 aromatic carbocycles. The number of alkyl halides is 3. The molecule has 0 radical (unpaired) electrons. The van der Waals surface area contributed by atoms with E-state index in [-0.39, 0.29) is 30.7 Å². The topological polar surface area (TPSA) is 129 Å². The number of hydrogen-bond donors (Lipinski definition) is 3. The minimum absolute atomic E-state index is 0.0106. The molecule has 2 atom stereocenters. The number of carbonyl (C=O) groups is 2. The van der Waals surface area contributed by atoms with Crippen LogP contribution in [0.5, 0.6) is 11.5 Å². The molecule has 0 bridgehead atoms. The van der Waals surface area contributed by atoms with Crippen LogP contribution in [0.4, 0.5) is 18.9 Å². The highest BCUT2D eigenvalue weighted by atomic mass is 19.4. The molecule has 186 valence electrons. The van der Waals surface area contributed by atoms with Crippen molar-refractivity contribution >= 4 is 18.1 Å². The molecule has 1 heterocycles. The molecule has 2 aliphatic rings. The SMILES string of the molecule is N/C(=C\N(N)c1cccc(C(F)(F)F)c1)C(=O)NC1c2cc3c(cc2CCC1COC=O)OCO3. The number of carbonyl (C=O) groups excluding carboxylic acids is 2. The largest absolute Gasteiger partial charge is 0.468 e. The molecule has 9 nitrogen and oxygen atoms in total. The number of aryl methyl sites for hydroxylation is 1. The fourth-order valence-electron chi connectivity index (χ4n) is 4.16. The lowest BCUT2D eigenvalue weighted by molar-refractivity contribution is -0.137. The Bertz CT molecular complexity index is 1150. The van der Waals surface area contributed by atoms with Gasteiger partial charge < -0.3 is 25.3 Å². The first-order valence-electron chi connectivity index (χ1n) is 10.6. The third kappa shape index (κ3) is 5.27. The number of anilines is 1. The number of fused-ring (bicyclic) bond motifs is 2. The zero-order valence-electron chi connectivity index (χ0n) is 18.4. The van der Waals surface area contributed by atoms with Crippen LogP contribution in [0, 0.1) is 5.92 Å².